The summed E-state index contributed by atoms with van der Waals surface area (Å²) in [6.45, 7) is 1.97. The zero-order valence-corrected chi connectivity index (χ0v) is 8.23. The summed E-state index contributed by atoms with van der Waals surface area (Å²) in [4.78, 5) is 0. The van der Waals surface area contributed by atoms with Crippen molar-refractivity contribution in [2.45, 2.75) is 24.1 Å². The highest BCUT2D eigenvalue weighted by atomic mass is 32.2. The zero-order valence-electron chi connectivity index (χ0n) is 7.41. The molecule has 0 bridgehead atoms. The molecule has 12 heavy (non-hydrogen) atoms. The smallest absolute Gasteiger partial charge is 0.154 e. The summed E-state index contributed by atoms with van der Waals surface area (Å²) < 4.78 is 27.5. The molecule has 2 N–H and O–H groups in total. The predicted octanol–water partition coefficient (Wildman–Crippen LogP) is -0.463. The molecule has 1 aliphatic rings. The van der Waals surface area contributed by atoms with Crippen molar-refractivity contribution >= 4 is 9.84 Å². The van der Waals surface area contributed by atoms with Gasteiger partial charge in [0.2, 0.25) is 0 Å². The highest BCUT2D eigenvalue weighted by Gasteiger charge is 2.57. The van der Waals surface area contributed by atoms with Crippen molar-refractivity contribution in [3.63, 3.8) is 0 Å². The molecule has 4 nitrogen and oxygen atoms in total. The number of sulfone groups is 1. The monoisotopic (exact) mass is 193 g/mol. The third-order valence-corrected chi connectivity index (χ3v) is 4.60. The number of nitrogens with two attached hydrogens (primary N) is 1. The number of hydrogen-bond donors (Lipinski definition) is 1. The third-order valence-electron chi connectivity index (χ3n) is 2.30. The molecular formula is C7H15NO3S. The van der Waals surface area contributed by atoms with E-state index in [0.717, 1.165) is 0 Å². The van der Waals surface area contributed by atoms with Gasteiger partial charge in [0.05, 0.1) is 17.4 Å². The van der Waals surface area contributed by atoms with E-state index in [-0.39, 0.29) is 11.0 Å². The van der Waals surface area contributed by atoms with Gasteiger partial charge in [0, 0.05) is 12.9 Å². The van der Waals surface area contributed by atoms with E-state index in [2.05, 4.69) is 0 Å². The van der Waals surface area contributed by atoms with Crippen LogP contribution in [0.1, 0.15) is 13.3 Å². The Labute approximate surface area is 73.0 Å². The van der Waals surface area contributed by atoms with Crippen molar-refractivity contribution in [2.24, 2.45) is 5.73 Å². The molecule has 0 radical (unpaired) electrons. The first kappa shape index (κ1) is 9.95. The van der Waals surface area contributed by atoms with Crippen molar-refractivity contribution in [1.82, 2.24) is 0 Å². The number of rotatable bonds is 4. The fraction of sp³-hybridized carbons (Fsp3) is 1.00. The van der Waals surface area contributed by atoms with Crippen LogP contribution in [0.2, 0.25) is 0 Å². The molecule has 2 atom stereocenters. The minimum absolute atomic E-state index is 0.167. The summed E-state index contributed by atoms with van der Waals surface area (Å²) in [5.41, 5.74) is 5.15. The van der Waals surface area contributed by atoms with Gasteiger partial charge in [0.15, 0.2) is 9.84 Å². The van der Waals surface area contributed by atoms with Crippen LogP contribution >= 0.6 is 0 Å². The highest BCUT2D eigenvalue weighted by Crippen LogP contribution is 2.39. The maximum absolute atomic E-state index is 11.3. The Kier molecular flexibility index (Phi) is 2.47. The molecule has 0 heterocycles. The van der Waals surface area contributed by atoms with Crippen molar-refractivity contribution in [1.29, 1.82) is 0 Å². The molecule has 0 spiro atoms. The number of ether oxygens (including phenoxy) is 1. The molecular weight excluding hydrogens is 178 g/mol. The minimum Gasteiger partial charge on any atom is -0.383 e. The molecule has 0 aromatic heterocycles. The van der Waals surface area contributed by atoms with E-state index in [4.69, 9.17) is 10.5 Å². The van der Waals surface area contributed by atoms with E-state index in [0.29, 0.717) is 13.0 Å². The molecule has 0 amide bonds. The number of hydrogen-bond acceptors (Lipinski definition) is 4. The van der Waals surface area contributed by atoms with Crippen LogP contribution < -0.4 is 5.73 Å². The van der Waals surface area contributed by atoms with E-state index in [1.807, 2.05) is 0 Å². The molecule has 1 rings (SSSR count). The fourth-order valence-electron chi connectivity index (χ4n) is 1.39. The van der Waals surface area contributed by atoms with Crippen LogP contribution in [0, 0.1) is 0 Å². The second-order valence-electron chi connectivity index (χ2n) is 3.31. The second-order valence-corrected chi connectivity index (χ2v) is 5.78. The molecule has 1 aliphatic carbocycles. The van der Waals surface area contributed by atoms with Crippen LogP contribution in [-0.2, 0) is 14.6 Å². The molecule has 0 aromatic rings. The van der Waals surface area contributed by atoms with Gasteiger partial charge in [-0.1, -0.05) is 6.92 Å². The van der Waals surface area contributed by atoms with Crippen molar-refractivity contribution in [3.05, 3.63) is 0 Å². The lowest BCUT2D eigenvalue weighted by atomic mass is 10.3. The Balaban J connectivity index is 2.63. The van der Waals surface area contributed by atoms with E-state index in [1.165, 1.54) is 7.11 Å². The van der Waals surface area contributed by atoms with Gasteiger partial charge in [-0.3, -0.25) is 0 Å². The molecule has 1 fully saturated rings. The van der Waals surface area contributed by atoms with Crippen LogP contribution in [-0.4, -0.2) is 38.7 Å². The lowest BCUT2D eigenvalue weighted by Crippen LogP contribution is -2.35. The molecule has 0 aromatic carbocycles. The summed E-state index contributed by atoms with van der Waals surface area (Å²) in [5, 5.41) is -0.380. The van der Waals surface area contributed by atoms with Crippen LogP contribution in [0.4, 0.5) is 0 Å². The molecule has 0 unspecified atom stereocenters. The predicted molar refractivity (Wildman–Crippen MR) is 46.7 cm³/mol. The van der Waals surface area contributed by atoms with Gasteiger partial charge in [-0.25, -0.2) is 8.42 Å². The SMILES string of the molecule is CCS(=O)(=O)[C@@H]1C[C@@]1(N)COC. The van der Waals surface area contributed by atoms with Gasteiger partial charge in [-0.15, -0.1) is 0 Å². The topological polar surface area (TPSA) is 69.4 Å². The van der Waals surface area contributed by atoms with Gasteiger partial charge < -0.3 is 10.5 Å². The Morgan fingerprint density at radius 3 is 2.67 bits per heavy atom. The summed E-state index contributed by atoms with van der Waals surface area (Å²) >= 11 is 0. The Hall–Kier alpha value is -0.130. The molecule has 72 valence electrons. The average Bonchev–Trinajstić information content (AvgIpc) is 2.64. The minimum atomic E-state index is -2.96. The standard InChI is InChI=1S/C7H15NO3S/c1-3-12(9,10)6-4-7(6,8)5-11-2/h6H,3-5,8H2,1-2H3/t6-,7-/m1/s1. The summed E-state index contributed by atoms with van der Waals surface area (Å²) in [5.74, 6) is 0.167. The lowest BCUT2D eigenvalue weighted by molar-refractivity contribution is 0.173. The summed E-state index contributed by atoms with van der Waals surface area (Å²) in [6.07, 6.45) is 0.539. The normalized spacial score (nSPS) is 35.1. The van der Waals surface area contributed by atoms with Crippen LogP contribution in [0.3, 0.4) is 0 Å². The van der Waals surface area contributed by atoms with Gasteiger partial charge in [-0.05, 0) is 6.42 Å². The lowest BCUT2D eigenvalue weighted by Gasteiger charge is -2.08. The third kappa shape index (κ3) is 1.62. The molecule has 0 aliphatic heterocycles. The Bertz CT molecular complexity index is 262. The van der Waals surface area contributed by atoms with E-state index >= 15 is 0 Å². The first-order valence-electron chi connectivity index (χ1n) is 3.95. The second kappa shape index (κ2) is 2.97. The van der Waals surface area contributed by atoms with Gasteiger partial charge in [-0.2, -0.15) is 0 Å². The van der Waals surface area contributed by atoms with Crippen LogP contribution in [0.15, 0.2) is 0 Å². The quantitative estimate of drug-likeness (QED) is 0.656. The van der Waals surface area contributed by atoms with Crippen molar-refractivity contribution in [3.8, 4) is 0 Å². The molecule has 5 heteroatoms. The summed E-state index contributed by atoms with van der Waals surface area (Å²) in [6, 6.07) is 0. The van der Waals surface area contributed by atoms with Gasteiger partial charge >= 0.3 is 0 Å². The van der Waals surface area contributed by atoms with Crippen LogP contribution in [0.25, 0.3) is 0 Å². The molecule has 1 saturated carbocycles. The van der Waals surface area contributed by atoms with E-state index < -0.39 is 15.4 Å². The van der Waals surface area contributed by atoms with Gasteiger partial charge in [0.25, 0.3) is 0 Å². The fourth-order valence-corrected chi connectivity index (χ4v) is 3.14. The van der Waals surface area contributed by atoms with Crippen LogP contribution in [0.5, 0.6) is 0 Å². The Morgan fingerprint density at radius 2 is 2.25 bits per heavy atom. The zero-order chi connectivity index (χ0) is 9.41. The highest BCUT2D eigenvalue weighted by molar-refractivity contribution is 7.92. The number of methoxy groups -OCH3 is 1. The van der Waals surface area contributed by atoms with Crippen molar-refractivity contribution in [2.75, 3.05) is 19.5 Å². The first-order valence-corrected chi connectivity index (χ1v) is 5.67. The molecule has 0 saturated heterocycles. The largest absolute Gasteiger partial charge is 0.383 e. The van der Waals surface area contributed by atoms with E-state index in [1.54, 1.807) is 6.92 Å². The van der Waals surface area contributed by atoms with Crippen molar-refractivity contribution < 1.29 is 13.2 Å². The van der Waals surface area contributed by atoms with E-state index in [9.17, 15) is 8.42 Å². The maximum Gasteiger partial charge on any atom is 0.154 e. The first-order chi connectivity index (χ1) is 5.46. The van der Waals surface area contributed by atoms with Gasteiger partial charge in [0.1, 0.15) is 0 Å². The average molecular weight is 193 g/mol. The summed E-state index contributed by atoms with van der Waals surface area (Å²) in [7, 11) is -1.43. The Morgan fingerprint density at radius 1 is 1.67 bits per heavy atom. The maximum atomic E-state index is 11.3.